The second kappa shape index (κ2) is 4.19. The normalized spacial score (nSPS) is 15.5. The Kier molecular flexibility index (Phi) is 3.01. The minimum absolute atomic E-state index is 0.435. The molecule has 0 atom stereocenters. The van der Waals surface area contributed by atoms with Crippen molar-refractivity contribution in [1.29, 1.82) is 0 Å². The van der Waals surface area contributed by atoms with Crippen LogP contribution in [0.15, 0.2) is 0 Å². The molecule has 0 aromatic carbocycles. The van der Waals surface area contributed by atoms with Gasteiger partial charge in [0, 0.05) is 11.5 Å². The smallest absolute Gasteiger partial charge is 0.222 e. The van der Waals surface area contributed by atoms with Crippen molar-refractivity contribution >= 4 is 11.6 Å². The molecule has 1 aromatic rings. The highest BCUT2D eigenvalue weighted by molar-refractivity contribution is 6.30. The Morgan fingerprint density at radius 2 is 2.06 bits per heavy atom. The molecular weight excluding hydrogens is 236 g/mol. The van der Waals surface area contributed by atoms with Crippen molar-refractivity contribution in [1.82, 2.24) is 9.97 Å². The highest BCUT2D eigenvalue weighted by atomic mass is 35.5. The number of aromatic nitrogens is 2. The van der Waals surface area contributed by atoms with Crippen LogP contribution in [0.4, 0.5) is 0 Å². The Morgan fingerprint density at radius 1 is 1.41 bits per heavy atom. The summed E-state index contributed by atoms with van der Waals surface area (Å²) in [6, 6.07) is 0. The monoisotopic (exact) mass is 250 g/mol. The third-order valence-corrected chi connectivity index (χ3v) is 3.07. The van der Waals surface area contributed by atoms with Crippen LogP contribution in [-0.4, -0.2) is 15.6 Å². The molecule has 1 aromatic heterocycles. The highest BCUT2D eigenvalue weighted by Crippen LogP contribution is 2.40. The molecule has 0 unspecified atom stereocenters. The van der Waals surface area contributed by atoms with Gasteiger partial charge >= 0.3 is 0 Å². The summed E-state index contributed by atoms with van der Waals surface area (Å²) in [4.78, 5) is 8.69. The maximum absolute atomic E-state index is 6.08. The number of hydrogen-bond donors (Lipinski definition) is 0. The topological polar surface area (TPSA) is 35.0 Å². The molecule has 90 valence electrons. The van der Waals surface area contributed by atoms with Crippen molar-refractivity contribution in [2.45, 2.75) is 45.1 Å². The maximum atomic E-state index is 6.08. The van der Waals surface area contributed by atoms with E-state index in [1.54, 1.807) is 0 Å². The number of ether oxygens (including phenoxy) is 1. The molecule has 0 spiro atoms. The SMILES string of the molecule is C#CC(C)(C)Oc1nc(C2CC2)nc(Cl)c1C. The van der Waals surface area contributed by atoms with E-state index in [4.69, 9.17) is 22.8 Å². The Morgan fingerprint density at radius 3 is 2.59 bits per heavy atom. The van der Waals surface area contributed by atoms with E-state index in [2.05, 4.69) is 15.9 Å². The fraction of sp³-hybridized carbons (Fsp3) is 0.538. The van der Waals surface area contributed by atoms with Crippen LogP contribution in [0.2, 0.25) is 5.15 Å². The van der Waals surface area contributed by atoms with Gasteiger partial charge in [0.15, 0.2) is 5.60 Å². The minimum atomic E-state index is -0.691. The molecule has 2 rings (SSSR count). The lowest BCUT2D eigenvalue weighted by Crippen LogP contribution is -2.26. The molecule has 3 nitrogen and oxygen atoms in total. The zero-order chi connectivity index (χ0) is 12.6. The quantitative estimate of drug-likeness (QED) is 0.611. The first kappa shape index (κ1) is 12.2. The van der Waals surface area contributed by atoms with Crippen LogP contribution >= 0.6 is 11.6 Å². The van der Waals surface area contributed by atoms with E-state index in [1.807, 2.05) is 20.8 Å². The van der Waals surface area contributed by atoms with E-state index >= 15 is 0 Å². The van der Waals surface area contributed by atoms with E-state index in [-0.39, 0.29) is 0 Å². The van der Waals surface area contributed by atoms with Gasteiger partial charge < -0.3 is 4.74 Å². The van der Waals surface area contributed by atoms with Gasteiger partial charge in [0.05, 0.1) is 0 Å². The average Bonchev–Trinajstić information content (AvgIpc) is 3.08. The van der Waals surface area contributed by atoms with Crippen LogP contribution in [0, 0.1) is 19.3 Å². The molecule has 17 heavy (non-hydrogen) atoms. The molecule has 0 aliphatic heterocycles. The Labute approximate surface area is 107 Å². The largest absolute Gasteiger partial charge is 0.458 e. The molecule has 1 fully saturated rings. The van der Waals surface area contributed by atoms with E-state index in [0.29, 0.717) is 17.0 Å². The van der Waals surface area contributed by atoms with Crippen molar-refractivity contribution in [3.8, 4) is 18.2 Å². The zero-order valence-electron chi connectivity index (χ0n) is 10.2. The molecule has 1 aliphatic rings. The van der Waals surface area contributed by atoms with Crippen LogP contribution in [0.5, 0.6) is 5.88 Å². The molecule has 0 radical (unpaired) electrons. The summed E-state index contributed by atoms with van der Waals surface area (Å²) in [5.41, 5.74) is 0.0443. The number of terminal acetylenes is 1. The lowest BCUT2D eigenvalue weighted by Gasteiger charge is -2.21. The molecule has 4 heteroatoms. The summed E-state index contributed by atoms with van der Waals surface area (Å²) >= 11 is 6.08. The molecule has 0 N–H and O–H groups in total. The molecule has 1 aliphatic carbocycles. The molecule has 1 heterocycles. The number of hydrogen-bond acceptors (Lipinski definition) is 3. The molecule has 0 saturated heterocycles. The lowest BCUT2D eigenvalue weighted by molar-refractivity contribution is 0.162. The van der Waals surface area contributed by atoms with Crippen LogP contribution in [0.1, 0.15) is 44.0 Å². The first-order valence-corrected chi connectivity index (χ1v) is 6.01. The van der Waals surface area contributed by atoms with Crippen molar-refractivity contribution in [2.24, 2.45) is 0 Å². The molecular formula is C13H15ClN2O. The van der Waals surface area contributed by atoms with Crippen molar-refractivity contribution in [2.75, 3.05) is 0 Å². The summed E-state index contributed by atoms with van der Waals surface area (Å²) in [5, 5.41) is 0.449. The number of halogens is 1. The van der Waals surface area contributed by atoms with Crippen LogP contribution in [0.3, 0.4) is 0 Å². The second-order valence-corrected chi connectivity index (χ2v) is 5.19. The van der Waals surface area contributed by atoms with Crippen LogP contribution < -0.4 is 4.74 Å². The van der Waals surface area contributed by atoms with Gasteiger partial charge in [-0.3, -0.25) is 0 Å². The Balaban J connectivity index is 2.35. The summed E-state index contributed by atoms with van der Waals surface area (Å²) in [6.45, 7) is 5.47. The minimum Gasteiger partial charge on any atom is -0.458 e. The lowest BCUT2D eigenvalue weighted by atomic mass is 10.1. The molecule has 0 bridgehead atoms. The first-order valence-electron chi connectivity index (χ1n) is 5.64. The summed E-state index contributed by atoms with van der Waals surface area (Å²) in [7, 11) is 0. The summed E-state index contributed by atoms with van der Waals surface area (Å²) in [5.74, 6) is 4.27. The van der Waals surface area contributed by atoms with E-state index in [9.17, 15) is 0 Å². The predicted molar refractivity (Wildman–Crippen MR) is 67.3 cm³/mol. The third kappa shape index (κ3) is 2.70. The fourth-order valence-corrected chi connectivity index (χ4v) is 1.55. The van der Waals surface area contributed by atoms with Gasteiger partial charge in [0.2, 0.25) is 5.88 Å². The van der Waals surface area contributed by atoms with Crippen LogP contribution in [0.25, 0.3) is 0 Å². The van der Waals surface area contributed by atoms with Gasteiger partial charge in [-0.2, -0.15) is 4.98 Å². The standard InChI is InChI=1S/C13H15ClN2O/c1-5-13(3,4)17-12-8(2)10(14)15-11(16-12)9-6-7-9/h1,9H,6-7H2,2-4H3. The molecule has 1 saturated carbocycles. The highest BCUT2D eigenvalue weighted by Gasteiger charge is 2.29. The third-order valence-electron chi connectivity index (χ3n) is 2.70. The van der Waals surface area contributed by atoms with Gasteiger partial charge in [0.25, 0.3) is 0 Å². The van der Waals surface area contributed by atoms with Crippen molar-refractivity contribution in [3.05, 3.63) is 16.5 Å². The second-order valence-electron chi connectivity index (χ2n) is 4.83. The van der Waals surface area contributed by atoms with Gasteiger partial charge in [0.1, 0.15) is 11.0 Å². The predicted octanol–water partition coefficient (Wildman–Crippen LogP) is 3.11. The summed E-state index contributed by atoms with van der Waals surface area (Å²) in [6.07, 6.45) is 7.65. The van der Waals surface area contributed by atoms with E-state index in [1.165, 1.54) is 0 Å². The molecule has 0 amide bonds. The number of nitrogens with zero attached hydrogens (tertiary/aromatic N) is 2. The average molecular weight is 251 g/mol. The fourth-order valence-electron chi connectivity index (χ4n) is 1.38. The van der Waals surface area contributed by atoms with E-state index < -0.39 is 5.60 Å². The summed E-state index contributed by atoms with van der Waals surface area (Å²) < 4.78 is 5.71. The maximum Gasteiger partial charge on any atom is 0.222 e. The van der Waals surface area contributed by atoms with Gasteiger partial charge in [-0.1, -0.05) is 17.5 Å². The Hall–Kier alpha value is -1.27. The zero-order valence-corrected chi connectivity index (χ0v) is 11.0. The van der Waals surface area contributed by atoms with Crippen LogP contribution in [-0.2, 0) is 0 Å². The van der Waals surface area contributed by atoms with Crippen molar-refractivity contribution < 1.29 is 4.74 Å². The Bertz CT molecular complexity index is 487. The van der Waals surface area contributed by atoms with E-state index in [0.717, 1.165) is 24.2 Å². The first-order chi connectivity index (χ1) is 7.93. The number of rotatable bonds is 3. The van der Waals surface area contributed by atoms with Gasteiger partial charge in [-0.05, 0) is 33.6 Å². The van der Waals surface area contributed by atoms with Crippen molar-refractivity contribution in [3.63, 3.8) is 0 Å². The van der Waals surface area contributed by atoms with Gasteiger partial charge in [-0.15, -0.1) is 6.42 Å². The van der Waals surface area contributed by atoms with Gasteiger partial charge in [-0.25, -0.2) is 4.98 Å².